The van der Waals surface area contributed by atoms with Crippen molar-refractivity contribution in [3.8, 4) is 5.75 Å². The summed E-state index contributed by atoms with van der Waals surface area (Å²) in [4.78, 5) is 25.1. The van der Waals surface area contributed by atoms with Crippen LogP contribution in [0.3, 0.4) is 0 Å². The normalized spacial score (nSPS) is 10.2. The summed E-state index contributed by atoms with van der Waals surface area (Å²) in [6.45, 7) is -0.130. The Morgan fingerprint density at radius 3 is 2.52 bits per heavy atom. The van der Waals surface area contributed by atoms with Crippen molar-refractivity contribution in [1.82, 2.24) is 4.90 Å². The number of likely N-dealkylation sites (N-methyl/N-ethyl adjacent to an activating group) is 1. The van der Waals surface area contributed by atoms with Gasteiger partial charge in [-0.15, -0.1) is 0 Å². The number of esters is 1. The van der Waals surface area contributed by atoms with Crippen molar-refractivity contribution >= 4 is 11.9 Å². The molecule has 2 aromatic rings. The van der Waals surface area contributed by atoms with E-state index in [2.05, 4.69) is 0 Å². The van der Waals surface area contributed by atoms with E-state index in [1.807, 2.05) is 0 Å². The standard InChI is InChI=1S/C17H16FNO4/c1-19(10-12-5-7-14(18)8-6-12)16(21)11-23-17(22)13-3-2-4-15(20)9-13/h2-9,20H,10-11H2,1H3. The van der Waals surface area contributed by atoms with Crippen LogP contribution < -0.4 is 0 Å². The molecule has 0 radical (unpaired) electrons. The van der Waals surface area contributed by atoms with Crippen molar-refractivity contribution in [2.45, 2.75) is 6.54 Å². The lowest BCUT2D eigenvalue weighted by atomic mass is 10.2. The first-order valence-electron chi connectivity index (χ1n) is 6.90. The second kappa shape index (κ2) is 7.40. The summed E-state index contributed by atoms with van der Waals surface area (Å²) < 4.78 is 17.7. The largest absolute Gasteiger partial charge is 0.508 e. The molecule has 0 aliphatic carbocycles. The smallest absolute Gasteiger partial charge is 0.338 e. The first-order valence-corrected chi connectivity index (χ1v) is 6.90. The number of nitrogens with zero attached hydrogens (tertiary/aromatic N) is 1. The number of phenols is 1. The van der Waals surface area contributed by atoms with Crippen LogP contribution in [0, 0.1) is 5.82 Å². The van der Waals surface area contributed by atoms with Crippen LogP contribution in [-0.2, 0) is 16.1 Å². The molecule has 0 saturated carbocycles. The lowest BCUT2D eigenvalue weighted by Crippen LogP contribution is -2.30. The predicted octanol–water partition coefficient (Wildman–Crippen LogP) is 2.35. The maximum atomic E-state index is 12.8. The molecule has 0 aromatic heterocycles. The molecule has 5 nitrogen and oxygen atoms in total. The van der Waals surface area contributed by atoms with Gasteiger partial charge in [-0.3, -0.25) is 4.79 Å². The average Bonchev–Trinajstić information content (AvgIpc) is 2.54. The SMILES string of the molecule is CN(Cc1ccc(F)cc1)C(=O)COC(=O)c1cccc(O)c1. The third kappa shape index (κ3) is 4.81. The van der Waals surface area contributed by atoms with Gasteiger partial charge in [0.25, 0.3) is 5.91 Å². The van der Waals surface area contributed by atoms with Gasteiger partial charge in [-0.2, -0.15) is 0 Å². The number of hydrogen-bond acceptors (Lipinski definition) is 4. The van der Waals surface area contributed by atoms with Crippen molar-refractivity contribution in [1.29, 1.82) is 0 Å². The van der Waals surface area contributed by atoms with E-state index in [4.69, 9.17) is 4.74 Å². The second-order valence-corrected chi connectivity index (χ2v) is 5.00. The Morgan fingerprint density at radius 2 is 1.87 bits per heavy atom. The molecule has 0 heterocycles. The first kappa shape index (κ1) is 16.5. The predicted molar refractivity (Wildman–Crippen MR) is 81.3 cm³/mol. The molecule has 0 bridgehead atoms. The van der Waals surface area contributed by atoms with Gasteiger partial charge >= 0.3 is 5.97 Å². The molecule has 0 unspecified atom stereocenters. The van der Waals surface area contributed by atoms with Gasteiger partial charge in [0, 0.05) is 13.6 Å². The number of phenolic OH excluding ortho intramolecular Hbond substituents is 1. The van der Waals surface area contributed by atoms with Gasteiger partial charge < -0.3 is 14.7 Å². The summed E-state index contributed by atoms with van der Waals surface area (Å²) in [5, 5.41) is 9.30. The summed E-state index contributed by atoms with van der Waals surface area (Å²) in [6.07, 6.45) is 0. The van der Waals surface area contributed by atoms with Gasteiger partial charge in [-0.25, -0.2) is 9.18 Å². The van der Waals surface area contributed by atoms with Crippen molar-refractivity contribution in [2.75, 3.05) is 13.7 Å². The number of benzene rings is 2. The topological polar surface area (TPSA) is 66.8 Å². The van der Waals surface area contributed by atoms with Gasteiger partial charge in [0.1, 0.15) is 11.6 Å². The fraction of sp³-hybridized carbons (Fsp3) is 0.176. The number of rotatable bonds is 5. The van der Waals surface area contributed by atoms with E-state index in [1.54, 1.807) is 19.2 Å². The molecule has 2 rings (SSSR count). The minimum Gasteiger partial charge on any atom is -0.508 e. The Hall–Kier alpha value is -2.89. The lowest BCUT2D eigenvalue weighted by molar-refractivity contribution is -0.133. The second-order valence-electron chi connectivity index (χ2n) is 5.00. The molecular formula is C17H16FNO4. The van der Waals surface area contributed by atoms with E-state index in [0.29, 0.717) is 0 Å². The number of hydrogen-bond donors (Lipinski definition) is 1. The van der Waals surface area contributed by atoms with Crippen LogP contribution in [0.1, 0.15) is 15.9 Å². The number of halogens is 1. The molecule has 1 amide bonds. The van der Waals surface area contributed by atoms with Crippen LogP contribution >= 0.6 is 0 Å². The maximum Gasteiger partial charge on any atom is 0.338 e. The number of amides is 1. The summed E-state index contributed by atoms with van der Waals surface area (Å²) in [7, 11) is 1.56. The molecule has 1 N–H and O–H groups in total. The molecule has 6 heteroatoms. The summed E-state index contributed by atoms with van der Waals surface area (Å²) in [5.41, 5.74) is 0.931. The highest BCUT2D eigenvalue weighted by atomic mass is 19.1. The van der Waals surface area contributed by atoms with Gasteiger partial charge in [0.2, 0.25) is 0 Å². The van der Waals surface area contributed by atoms with Crippen molar-refractivity contribution in [2.24, 2.45) is 0 Å². The lowest BCUT2D eigenvalue weighted by Gasteiger charge is -2.17. The monoisotopic (exact) mass is 317 g/mol. The van der Waals surface area contributed by atoms with Crippen molar-refractivity contribution in [3.05, 3.63) is 65.5 Å². The molecule has 0 fully saturated rings. The third-order valence-corrected chi connectivity index (χ3v) is 3.17. The van der Waals surface area contributed by atoms with Gasteiger partial charge in [0.15, 0.2) is 6.61 Å². The Kier molecular flexibility index (Phi) is 5.30. The highest BCUT2D eigenvalue weighted by Crippen LogP contribution is 2.12. The number of carbonyl (C=O) groups excluding carboxylic acids is 2. The molecule has 120 valence electrons. The van der Waals surface area contributed by atoms with Gasteiger partial charge in [-0.1, -0.05) is 18.2 Å². The van der Waals surface area contributed by atoms with Crippen LogP contribution in [0.15, 0.2) is 48.5 Å². The molecule has 0 atom stereocenters. The van der Waals surface area contributed by atoms with Crippen LogP contribution in [0.2, 0.25) is 0 Å². The molecule has 0 aliphatic rings. The molecule has 2 aromatic carbocycles. The van der Waals surface area contributed by atoms with Crippen LogP contribution in [0.4, 0.5) is 4.39 Å². The highest BCUT2D eigenvalue weighted by molar-refractivity contribution is 5.91. The zero-order chi connectivity index (χ0) is 16.8. The quantitative estimate of drug-likeness (QED) is 0.860. The molecule has 0 saturated heterocycles. The number of ether oxygens (including phenoxy) is 1. The minimum atomic E-state index is -0.690. The molecular weight excluding hydrogens is 301 g/mol. The average molecular weight is 317 g/mol. The summed E-state index contributed by atoms with van der Waals surface area (Å²) in [5.74, 6) is -1.48. The van der Waals surface area contributed by atoms with E-state index >= 15 is 0 Å². The third-order valence-electron chi connectivity index (χ3n) is 3.17. The Morgan fingerprint density at radius 1 is 1.17 bits per heavy atom. The van der Waals surface area contributed by atoms with Gasteiger partial charge in [-0.05, 0) is 35.9 Å². The Bertz CT molecular complexity index is 700. The van der Waals surface area contributed by atoms with E-state index in [9.17, 15) is 19.1 Å². The van der Waals surface area contributed by atoms with E-state index in [-0.39, 0.29) is 29.6 Å². The maximum absolute atomic E-state index is 12.8. The van der Waals surface area contributed by atoms with E-state index in [1.165, 1.54) is 41.3 Å². The fourth-order valence-electron chi connectivity index (χ4n) is 1.91. The van der Waals surface area contributed by atoms with Crippen LogP contribution in [0.5, 0.6) is 5.75 Å². The first-order chi connectivity index (χ1) is 11.0. The molecule has 0 aliphatic heterocycles. The van der Waals surface area contributed by atoms with Gasteiger partial charge in [0.05, 0.1) is 5.56 Å². The molecule has 0 spiro atoms. The van der Waals surface area contributed by atoms with E-state index < -0.39 is 12.6 Å². The number of carbonyl (C=O) groups is 2. The fourth-order valence-corrected chi connectivity index (χ4v) is 1.91. The van der Waals surface area contributed by atoms with Crippen molar-refractivity contribution < 1.29 is 23.8 Å². The number of aromatic hydroxyl groups is 1. The van der Waals surface area contributed by atoms with Crippen LogP contribution in [0.25, 0.3) is 0 Å². The Labute approximate surface area is 132 Å². The highest BCUT2D eigenvalue weighted by Gasteiger charge is 2.14. The molecule has 23 heavy (non-hydrogen) atoms. The van der Waals surface area contributed by atoms with E-state index in [0.717, 1.165) is 5.56 Å². The zero-order valence-electron chi connectivity index (χ0n) is 12.5. The summed E-state index contributed by atoms with van der Waals surface area (Å²) in [6, 6.07) is 11.5. The van der Waals surface area contributed by atoms with Crippen LogP contribution in [-0.4, -0.2) is 35.5 Å². The summed E-state index contributed by atoms with van der Waals surface area (Å²) >= 11 is 0. The van der Waals surface area contributed by atoms with Crippen molar-refractivity contribution in [3.63, 3.8) is 0 Å². The zero-order valence-corrected chi connectivity index (χ0v) is 12.5. The Balaban J connectivity index is 1.86. The minimum absolute atomic E-state index is 0.0563.